The van der Waals surface area contributed by atoms with E-state index in [-0.39, 0.29) is 17.6 Å². The molecule has 1 aromatic carbocycles. The summed E-state index contributed by atoms with van der Waals surface area (Å²) in [6.45, 7) is 5.39. The molecule has 0 bridgehead atoms. The van der Waals surface area contributed by atoms with E-state index in [0.29, 0.717) is 19.5 Å². The van der Waals surface area contributed by atoms with Crippen LogP contribution in [0.3, 0.4) is 0 Å². The molecular formula is C15H20BrNO2. The van der Waals surface area contributed by atoms with Crippen molar-refractivity contribution in [3.8, 4) is 0 Å². The van der Waals surface area contributed by atoms with E-state index in [1.54, 1.807) is 0 Å². The zero-order valence-corrected chi connectivity index (χ0v) is 13.0. The topological polar surface area (TPSA) is 29.5 Å². The van der Waals surface area contributed by atoms with Gasteiger partial charge in [0.05, 0.1) is 18.1 Å². The number of carbonyl (C=O) groups is 1. The molecule has 0 aromatic heterocycles. The van der Waals surface area contributed by atoms with Crippen LogP contribution in [0, 0.1) is 0 Å². The van der Waals surface area contributed by atoms with Crippen LogP contribution in [0.5, 0.6) is 0 Å². The SMILES string of the molecule is CC1(C)CN(C(=O)Cc2ccccc2)CC(CBr)O1. The number of ether oxygens (including phenoxy) is 1. The van der Waals surface area contributed by atoms with Gasteiger partial charge in [-0.1, -0.05) is 46.3 Å². The maximum absolute atomic E-state index is 12.4. The Hall–Kier alpha value is -0.870. The van der Waals surface area contributed by atoms with E-state index < -0.39 is 0 Å². The van der Waals surface area contributed by atoms with Gasteiger partial charge in [0.1, 0.15) is 0 Å². The highest BCUT2D eigenvalue weighted by molar-refractivity contribution is 9.09. The Labute approximate surface area is 123 Å². The van der Waals surface area contributed by atoms with E-state index in [2.05, 4.69) is 15.9 Å². The standard InChI is InChI=1S/C15H20BrNO2/c1-15(2)11-17(10-13(9-16)19-15)14(18)8-12-6-4-3-5-7-12/h3-7,13H,8-11H2,1-2H3. The van der Waals surface area contributed by atoms with Crippen molar-refractivity contribution >= 4 is 21.8 Å². The normalized spacial score (nSPS) is 22.3. The van der Waals surface area contributed by atoms with Crippen molar-refractivity contribution in [3.05, 3.63) is 35.9 Å². The number of benzene rings is 1. The maximum Gasteiger partial charge on any atom is 0.227 e. The zero-order chi connectivity index (χ0) is 13.9. The fourth-order valence-electron chi connectivity index (χ4n) is 2.45. The number of nitrogens with zero attached hydrogens (tertiary/aromatic N) is 1. The van der Waals surface area contributed by atoms with Gasteiger partial charge in [0.25, 0.3) is 0 Å². The predicted octanol–water partition coefficient (Wildman–Crippen LogP) is 2.63. The number of carbonyl (C=O) groups excluding carboxylic acids is 1. The van der Waals surface area contributed by atoms with Crippen molar-refractivity contribution in [2.24, 2.45) is 0 Å². The van der Waals surface area contributed by atoms with Gasteiger partial charge in [0, 0.05) is 18.4 Å². The maximum atomic E-state index is 12.4. The fraction of sp³-hybridized carbons (Fsp3) is 0.533. The molecule has 0 spiro atoms. The molecule has 1 atom stereocenters. The Morgan fingerprint density at radius 1 is 1.42 bits per heavy atom. The minimum absolute atomic E-state index is 0.0727. The summed E-state index contributed by atoms with van der Waals surface area (Å²) >= 11 is 3.44. The molecule has 1 fully saturated rings. The summed E-state index contributed by atoms with van der Waals surface area (Å²) in [5, 5.41) is 0.756. The van der Waals surface area contributed by atoms with Crippen molar-refractivity contribution in [2.45, 2.75) is 32.0 Å². The Morgan fingerprint density at radius 3 is 2.74 bits per heavy atom. The Bertz CT molecular complexity index is 433. The van der Waals surface area contributed by atoms with Crippen molar-refractivity contribution in [2.75, 3.05) is 18.4 Å². The second-order valence-electron chi connectivity index (χ2n) is 5.59. The number of rotatable bonds is 3. The van der Waals surface area contributed by atoms with E-state index in [1.165, 1.54) is 0 Å². The highest BCUT2D eigenvalue weighted by Crippen LogP contribution is 2.22. The van der Waals surface area contributed by atoms with Gasteiger partial charge in [0.15, 0.2) is 0 Å². The van der Waals surface area contributed by atoms with Gasteiger partial charge >= 0.3 is 0 Å². The van der Waals surface area contributed by atoms with Gasteiger partial charge in [-0.2, -0.15) is 0 Å². The summed E-state index contributed by atoms with van der Waals surface area (Å²) in [6, 6.07) is 9.88. The van der Waals surface area contributed by atoms with Crippen molar-refractivity contribution in [1.82, 2.24) is 4.90 Å². The monoisotopic (exact) mass is 325 g/mol. The van der Waals surface area contributed by atoms with E-state index >= 15 is 0 Å². The molecule has 1 aromatic rings. The average Bonchev–Trinajstić information content (AvgIpc) is 2.38. The number of halogens is 1. The molecule has 1 amide bonds. The van der Waals surface area contributed by atoms with Gasteiger partial charge in [-0.3, -0.25) is 4.79 Å². The first-order valence-electron chi connectivity index (χ1n) is 6.56. The Morgan fingerprint density at radius 2 is 2.11 bits per heavy atom. The van der Waals surface area contributed by atoms with Crippen molar-refractivity contribution < 1.29 is 9.53 Å². The molecule has 0 aliphatic carbocycles. The second kappa shape index (κ2) is 6.06. The zero-order valence-electron chi connectivity index (χ0n) is 11.4. The van der Waals surface area contributed by atoms with Crippen LogP contribution in [0.15, 0.2) is 30.3 Å². The molecule has 1 unspecified atom stereocenters. The lowest BCUT2D eigenvalue weighted by atomic mass is 10.0. The first-order valence-corrected chi connectivity index (χ1v) is 7.68. The summed E-state index contributed by atoms with van der Waals surface area (Å²) in [6.07, 6.45) is 0.537. The number of amides is 1. The van der Waals surface area contributed by atoms with E-state index in [1.807, 2.05) is 49.1 Å². The number of hydrogen-bond acceptors (Lipinski definition) is 2. The van der Waals surface area contributed by atoms with Crippen LogP contribution in [-0.4, -0.2) is 40.9 Å². The summed E-state index contributed by atoms with van der Waals surface area (Å²) in [5.41, 5.74) is 0.787. The van der Waals surface area contributed by atoms with Gasteiger partial charge < -0.3 is 9.64 Å². The molecule has 104 valence electrons. The molecule has 0 N–H and O–H groups in total. The smallest absolute Gasteiger partial charge is 0.227 e. The van der Waals surface area contributed by atoms with Crippen molar-refractivity contribution in [3.63, 3.8) is 0 Å². The van der Waals surface area contributed by atoms with Gasteiger partial charge in [-0.15, -0.1) is 0 Å². The molecule has 1 aliphatic rings. The third-order valence-corrected chi connectivity index (χ3v) is 3.93. The van der Waals surface area contributed by atoms with Crippen LogP contribution in [0.2, 0.25) is 0 Å². The van der Waals surface area contributed by atoms with Crippen LogP contribution < -0.4 is 0 Å². The quantitative estimate of drug-likeness (QED) is 0.799. The molecule has 4 heteroatoms. The van der Waals surface area contributed by atoms with Crippen LogP contribution in [0.25, 0.3) is 0 Å². The summed E-state index contributed by atoms with van der Waals surface area (Å²) in [4.78, 5) is 14.3. The highest BCUT2D eigenvalue weighted by Gasteiger charge is 2.34. The van der Waals surface area contributed by atoms with Crippen molar-refractivity contribution in [1.29, 1.82) is 0 Å². The minimum Gasteiger partial charge on any atom is -0.368 e. The van der Waals surface area contributed by atoms with E-state index in [0.717, 1.165) is 10.9 Å². The molecule has 1 heterocycles. The van der Waals surface area contributed by atoms with E-state index in [4.69, 9.17) is 4.74 Å². The first kappa shape index (κ1) is 14.5. The minimum atomic E-state index is -0.275. The molecular weight excluding hydrogens is 306 g/mol. The number of morpholine rings is 1. The third kappa shape index (κ3) is 4.05. The van der Waals surface area contributed by atoms with E-state index in [9.17, 15) is 4.79 Å². The molecule has 3 nitrogen and oxygen atoms in total. The van der Waals surface area contributed by atoms with Crippen LogP contribution in [-0.2, 0) is 16.0 Å². The molecule has 0 radical (unpaired) electrons. The predicted molar refractivity (Wildman–Crippen MR) is 79.5 cm³/mol. The number of alkyl halides is 1. The number of hydrogen-bond donors (Lipinski definition) is 0. The van der Waals surface area contributed by atoms with Crippen LogP contribution >= 0.6 is 15.9 Å². The summed E-state index contributed by atoms with van der Waals surface area (Å²) < 4.78 is 5.91. The Balaban J connectivity index is 2.02. The fourth-order valence-corrected chi connectivity index (χ4v) is 2.79. The average molecular weight is 326 g/mol. The van der Waals surface area contributed by atoms with Gasteiger partial charge in [-0.05, 0) is 19.4 Å². The molecule has 19 heavy (non-hydrogen) atoms. The Kier molecular flexibility index (Phi) is 4.63. The molecule has 1 saturated heterocycles. The summed E-state index contributed by atoms with van der Waals surface area (Å²) in [5.74, 6) is 0.175. The molecule has 2 rings (SSSR count). The lowest BCUT2D eigenvalue weighted by molar-refractivity contribution is -0.156. The lowest BCUT2D eigenvalue weighted by Gasteiger charge is -2.42. The lowest BCUT2D eigenvalue weighted by Crippen LogP contribution is -2.55. The van der Waals surface area contributed by atoms with Gasteiger partial charge in [0.2, 0.25) is 5.91 Å². The summed E-state index contributed by atoms with van der Waals surface area (Å²) in [7, 11) is 0. The largest absolute Gasteiger partial charge is 0.368 e. The third-order valence-electron chi connectivity index (χ3n) is 3.20. The first-order chi connectivity index (χ1) is 9.00. The second-order valence-corrected chi connectivity index (χ2v) is 6.24. The van der Waals surface area contributed by atoms with Crippen LogP contribution in [0.1, 0.15) is 19.4 Å². The highest BCUT2D eigenvalue weighted by atomic mass is 79.9. The van der Waals surface area contributed by atoms with Gasteiger partial charge in [-0.25, -0.2) is 0 Å². The molecule has 0 saturated carbocycles. The van der Waals surface area contributed by atoms with Crippen LogP contribution in [0.4, 0.5) is 0 Å². The molecule has 1 aliphatic heterocycles.